The van der Waals surface area contributed by atoms with Crippen molar-refractivity contribution in [2.24, 2.45) is 0 Å². The van der Waals surface area contributed by atoms with Crippen molar-refractivity contribution >= 4 is 10.0 Å². The molecule has 1 aliphatic heterocycles. The highest BCUT2D eigenvalue weighted by molar-refractivity contribution is 7.89. The normalized spacial score (nSPS) is 20.3. The molecule has 0 bridgehead atoms. The molecule has 0 saturated carbocycles. The molecule has 2 aromatic rings. The van der Waals surface area contributed by atoms with Crippen LogP contribution >= 0.6 is 0 Å². The van der Waals surface area contributed by atoms with E-state index < -0.39 is 28.0 Å². The van der Waals surface area contributed by atoms with E-state index in [0.29, 0.717) is 11.3 Å². The molecule has 164 valence electrons. The highest BCUT2D eigenvalue weighted by atomic mass is 32.2. The summed E-state index contributed by atoms with van der Waals surface area (Å²) >= 11 is 0. The van der Waals surface area contributed by atoms with E-state index >= 15 is 0 Å². The molecule has 2 heterocycles. The molecule has 2 unspecified atom stereocenters. The van der Waals surface area contributed by atoms with Crippen molar-refractivity contribution in [2.45, 2.75) is 44.1 Å². The van der Waals surface area contributed by atoms with Gasteiger partial charge in [0.25, 0.3) is 0 Å². The number of sulfonamides is 1. The van der Waals surface area contributed by atoms with Crippen LogP contribution in [0.3, 0.4) is 0 Å². The van der Waals surface area contributed by atoms with Gasteiger partial charge in [-0.1, -0.05) is 6.07 Å². The van der Waals surface area contributed by atoms with Crippen molar-refractivity contribution in [3.05, 3.63) is 58.9 Å². The zero-order valence-corrected chi connectivity index (χ0v) is 17.7. The number of hydrogen-bond donors (Lipinski definition) is 1. The maximum atomic E-state index is 12.9. The largest absolute Gasteiger partial charge is 0.416 e. The molecule has 1 aliphatic rings. The maximum absolute atomic E-state index is 12.9. The highest BCUT2D eigenvalue weighted by Crippen LogP contribution is 2.31. The Labute approximate surface area is 174 Å². The van der Waals surface area contributed by atoms with Crippen molar-refractivity contribution < 1.29 is 26.7 Å². The summed E-state index contributed by atoms with van der Waals surface area (Å²) in [6.07, 6.45) is -5.45. The molecule has 1 aromatic carbocycles. The molecule has 3 rings (SSSR count). The number of aromatic nitrogens is 1. The van der Waals surface area contributed by atoms with E-state index in [4.69, 9.17) is 0 Å². The van der Waals surface area contributed by atoms with Gasteiger partial charge in [0, 0.05) is 42.6 Å². The lowest BCUT2D eigenvalue weighted by atomic mass is 10.1. The summed E-state index contributed by atoms with van der Waals surface area (Å²) in [5.41, 5.74) is 1.30. The minimum absolute atomic E-state index is 0.110. The number of alkyl halides is 3. The molecule has 0 radical (unpaired) electrons. The molecule has 1 N–H and O–H groups in total. The topological polar surface area (TPSA) is 73.7 Å². The Morgan fingerprint density at radius 3 is 2.27 bits per heavy atom. The Kier molecular flexibility index (Phi) is 6.24. The second kappa shape index (κ2) is 8.26. The number of rotatable bonds is 4. The number of piperazine rings is 1. The number of hydrogen-bond acceptors (Lipinski definition) is 5. The molecule has 1 fully saturated rings. The van der Waals surface area contributed by atoms with Gasteiger partial charge < -0.3 is 5.11 Å². The number of aliphatic hydroxyl groups is 1. The second-order valence-electron chi connectivity index (χ2n) is 7.47. The Morgan fingerprint density at radius 1 is 1.10 bits per heavy atom. The lowest BCUT2D eigenvalue weighted by Gasteiger charge is -2.41. The fraction of sp³-hybridized carbons (Fsp3) is 0.450. The van der Waals surface area contributed by atoms with E-state index in [1.165, 1.54) is 4.31 Å². The van der Waals surface area contributed by atoms with Crippen molar-refractivity contribution in [3.63, 3.8) is 0 Å². The SMILES string of the molecule is Cc1ccc(C(O)N2CCN(S(=O)(=O)c3ccc(C(F)(F)F)cc3)CC2C)c(C)n1. The second-order valence-corrected chi connectivity index (χ2v) is 9.41. The van der Waals surface area contributed by atoms with Crippen LogP contribution in [0.5, 0.6) is 0 Å². The van der Waals surface area contributed by atoms with E-state index in [1.807, 2.05) is 19.9 Å². The molecular weight excluding hydrogens is 419 g/mol. The smallest absolute Gasteiger partial charge is 0.374 e. The highest BCUT2D eigenvalue weighted by Gasteiger charge is 2.36. The number of aliphatic hydroxyl groups excluding tert-OH is 1. The van der Waals surface area contributed by atoms with Crippen molar-refractivity contribution in [3.8, 4) is 0 Å². The number of pyridine rings is 1. The molecule has 0 amide bonds. The number of aryl methyl sites for hydroxylation is 2. The summed E-state index contributed by atoms with van der Waals surface area (Å²) in [4.78, 5) is 5.96. The first kappa shape index (κ1) is 22.7. The summed E-state index contributed by atoms with van der Waals surface area (Å²) in [5, 5.41) is 10.8. The third kappa shape index (κ3) is 4.51. The van der Waals surface area contributed by atoms with Gasteiger partial charge in [0.15, 0.2) is 0 Å². The van der Waals surface area contributed by atoms with Crippen LogP contribution in [0, 0.1) is 13.8 Å². The van der Waals surface area contributed by atoms with Crippen LogP contribution in [0.2, 0.25) is 0 Å². The van der Waals surface area contributed by atoms with E-state index in [1.54, 1.807) is 17.9 Å². The van der Waals surface area contributed by atoms with Gasteiger partial charge in [-0.25, -0.2) is 8.42 Å². The van der Waals surface area contributed by atoms with Crippen molar-refractivity contribution in [1.29, 1.82) is 0 Å². The van der Waals surface area contributed by atoms with Crippen LogP contribution in [-0.4, -0.2) is 53.4 Å². The Bertz CT molecular complexity index is 1010. The predicted octanol–water partition coefficient (Wildman–Crippen LogP) is 3.10. The van der Waals surface area contributed by atoms with Gasteiger partial charge in [-0.3, -0.25) is 9.88 Å². The zero-order chi connectivity index (χ0) is 22.3. The summed E-state index contributed by atoms with van der Waals surface area (Å²) in [5.74, 6) is 0. The maximum Gasteiger partial charge on any atom is 0.416 e. The fourth-order valence-corrected chi connectivity index (χ4v) is 5.15. The van der Waals surface area contributed by atoms with Crippen molar-refractivity contribution in [2.75, 3.05) is 19.6 Å². The molecule has 30 heavy (non-hydrogen) atoms. The van der Waals surface area contributed by atoms with Crippen LogP contribution in [0.15, 0.2) is 41.3 Å². The van der Waals surface area contributed by atoms with Gasteiger partial charge >= 0.3 is 6.18 Å². The molecular formula is C20H24F3N3O3S. The number of halogens is 3. The Hall–Kier alpha value is -2.01. The first-order valence-electron chi connectivity index (χ1n) is 9.46. The summed E-state index contributed by atoms with van der Waals surface area (Å²) in [7, 11) is -3.94. The standard InChI is InChI=1S/C20H24F3N3O3S/c1-13-4-9-18(15(3)24-13)19(27)26-11-10-25(12-14(26)2)30(28,29)17-7-5-16(6-8-17)20(21,22)23/h4-9,14,19,27H,10-12H2,1-3H3. The van der Waals surface area contributed by atoms with E-state index in [9.17, 15) is 26.7 Å². The van der Waals surface area contributed by atoms with Gasteiger partial charge in [0.05, 0.1) is 10.5 Å². The lowest BCUT2D eigenvalue weighted by molar-refractivity contribution is -0.137. The van der Waals surface area contributed by atoms with Gasteiger partial charge in [-0.2, -0.15) is 17.5 Å². The number of benzene rings is 1. The third-order valence-corrected chi connectivity index (χ3v) is 7.20. The van der Waals surface area contributed by atoms with Gasteiger partial charge in [0.1, 0.15) is 6.23 Å². The predicted molar refractivity (Wildman–Crippen MR) is 105 cm³/mol. The average Bonchev–Trinajstić information content (AvgIpc) is 2.67. The lowest BCUT2D eigenvalue weighted by Crippen LogP contribution is -2.54. The average molecular weight is 443 g/mol. The van der Waals surface area contributed by atoms with Crippen LogP contribution in [-0.2, 0) is 16.2 Å². The van der Waals surface area contributed by atoms with Crippen LogP contribution in [0.4, 0.5) is 13.2 Å². The van der Waals surface area contributed by atoms with Gasteiger partial charge in [0.2, 0.25) is 10.0 Å². The summed E-state index contributed by atoms with van der Waals surface area (Å²) in [6, 6.07) is 6.80. The fourth-order valence-electron chi connectivity index (χ4n) is 3.63. The van der Waals surface area contributed by atoms with Crippen LogP contribution in [0.1, 0.15) is 35.7 Å². The third-order valence-electron chi connectivity index (χ3n) is 5.32. The minimum Gasteiger partial charge on any atom is -0.374 e. The van der Waals surface area contributed by atoms with Crippen LogP contribution < -0.4 is 0 Å². The molecule has 1 aromatic heterocycles. The van der Waals surface area contributed by atoms with E-state index in [-0.39, 0.29) is 30.6 Å². The molecule has 2 atom stereocenters. The summed E-state index contributed by atoms with van der Waals surface area (Å²) in [6.45, 7) is 5.96. The van der Waals surface area contributed by atoms with Crippen molar-refractivity contribution in [1.82, 2.24) is 14.2 Å². The Morgan fingerprint density at radius 2 is 1.73 bits per heavy atom. The molecule has 0 aliphatic carbocycles. The molecule has 6 nitrogen and oxygen atoms in total. The molecule has 10 heteroatoms. The van der Waals surface area contributed by atoms with Crippen LogP contribution in [0.25, 0.3) is 0 Å². The number of nitrogens with zero attached hydrogens (tertiary/aromatic N) is 3. The monoisotopic (exact) mass is 443 g/mol. The first-order chi connectivity index (χ1) is 13.9. The van der Waals surface area contributed by atoms with Gasteiger partial charge in [-0.05, 0) is 51.1 Å². The zero-order valence-electron chi connectivity index (χ0n) is 16.9. The van der Waals surface area contributed by atoms with Gasteiger partial charge in [-0.15, -0.1) is 0 Å². The quantitative estimate of drug-likeness (QED) is 0.786. The van der Waals surface area contributed by atoms with E-state index in [2.05, 4.69) is 4.98 Å². The Balaban J connectivity index is 1.75. The first-order valence-corrected chi connectivity index (χ1v) is 10.9. The van der Waals surface area contributed by atoms with E-state index in [0.717, 1.165) is 30.0 Å². The minimum atomic E-state index is -4.53. The molecule has 0 spiro atoms. The molecule has 1 saturated heterocycles. The summed E-state index contributed by atoms with van der Waals surface area (Å²) < 4.78 is 65.2.